The Balaban J connectivity index is 1.09. The molecule has 0 spiro atoms. The number of benzene rings is 3. The molecule has 4 aromatic rings. The molecular formula is C30H30F3N3O2. The van der Waals surface area contributed by atoms with Crippen molar-refractivity contribution in [1.29, 1.82) is 0 Å². The molecule has 0 N–H and O–H groups in total. The first kappa shape index (κ1) is 26.0. The maximum atomic E-state index is 12.8. The van der Waals surface area contributed by atoms with E-state index >= 15 is 0 Å². The van der Waals surface area contributed by atoms with E-state index in [2.05, 4.69) is 40.1 Å². The second kappa shape index (κ2) is 11.4. The molecule has 3 aromatic carbocycles. The minimum Gasteiger partial charge on any atom is -0.489 e. The minimum atomic E-state index is -4.30. The van der Waals surface area contributed by atoms with E-state index in [0.29, 0.717) is 25.5 Å². The van der Waals surface area contributed by atoms with Crippen LogP contribution in [0, 0.1) is 6.92 Å². The van der Waals surface area contributed by atoms with E-state index in [-0.39, 0.29) is 0 Å². The Morgan fingerprint density at radius 3 is 2.16 bits per heavy atom. The van der Waals surface area contributed by atoms with Gasteiger partial charge in [-0.05, 0) is 54.4 Å². The van der Waals surface area contributed by atoms with Crippen LogP contribution >= 0.6 is 0 Å². The average Bonchev–Trinajstić information content (AvgIpc) is 3.37. The van der Waals surface area contributed by atoms with Crippen molar-refractivity contribution in [3.63, 3.8) is 0 Å². The maximum Gasteiger partial charge on any atom is 0.416 e. The van der Waals surface area contributed by atoms with Crippen LogP contribution in [0.5, 0.6) is 5.75 Å². The van der Waals surface area contributed by atoms with Gasteiger partial charge in [0.25, 0.3) is 0 Å². The summed E-state index contributed by atoms with van der Waals surface area (Å²) in [6, 6.07) is 23.5. The molecule has 1 aliphatic rings. The topological polar surface area (TPSA) is 41.7 Å². The van der Waals surface area contributed by atoms with E-state index in [4.69, 9.17) is 9.26 Å². The van der Waals surface area contributed by atoms with Crippen LogP contribution in [-0.4, -0.2) is 41.1 Å². The molecule has 0 bridgehead atoms. The van der Waals surface area contributed by atoms with Crippen molar-refractivity contribution in [2.45, 2.75) is 32.8 Å². The minimum absolute atomic E-state index is 0.519. The molecule has 0 radical (unpaired) electrons. The molecule has 0 atom stereocenters. The highest BCUT2D eigenvalue weighted by Crippen LogP contribution is 2.29. The van der Waals surface area contributed by atoms with Crippen molar-refractivity contribution in [1.82, 2.24) is 15.0 Å². The highest BCUT2D eigenvalue weighted by atomic mass is 19.4. The Labute approximate surface area is 220 Å². The summed E-state index contributed by atoms with van der Waals surface area (Å²) in [6.45, 7) is 7.32. The molecule has 1 aromatic heterocycles. The summed E-state index contributed by atoms with van der Waals surface area (Å²) in [4.78, 5) is 4.57. The van der Waals surface area contributed by atoms with E-state index in [1.54, 1.807) is 12.1 Å². The quantitative estimate of drug-likeness (QED) is 0.263. The number of ether oxygens (including phenoxy) is 1. The van der Waals surface area contributed by atoms with Crippen LogP contribution in [0.1, 0.15) is 27.9 Å². The van der Waals surface area contributed by atoms with Crippen molar-refractivity contribution >= 4 is 0 Å². The number of alkyl halides is 3. The molecule has 198 valence electrons. The summed E-state index contributed by atoms with van der Waals surface area (Å²) >= 11 is 0. The largest absolute Gasteiger partial charge is 0.489 e. The lowest BCUT2D eigenvalue weighted by atomic mass is 10.1. The SMILES string of the molecule is Cc1cccc(COc2ccc(-c3cc(CN4CCN(Cc5ccc(C(F)(F)F)cc5)CC4)no3)cc2)c1. The second-order valence-electron chi connectivity index (χ2n) is 9.73. The lowest BCUT2D eigenvalue weighted by Crippen LogP contribution is -2.45. The molecule has 0 unspecified atom stereocenters. The van der Waals surface area contributed by atoms with Gasteiger partial charge in [0.1, 0.15) is 12.4 Å². The number of hydrogen-bond donors (Lipinski definition) is 0. The molecule has 5 nitrogen and oxygen atoms in total. The molecule has 0 amide bonds. The number of halogens is 3. The highest BCUT2D eigenvalue weighted by Gasteiger charge is 2.30. The molecule has 5 rings (SSSR count). The Kier molecular flexibility index (Phi) is 7.81. The summed E-state index contributed by atoms with van der Waals surface area (Å²) < 4.78 is 49.8. The second-order valence-corrected chi connectivity index (χ2v) is 9.73. The Morgan fingerprint density at radius 1 is 0.816 bits per heavy atom. The molecule has 1 aliphatic heterocycles. The monoisotopic (exact) mass is 521 g/mol. The third kappa shape index (κ3) is 6.82. The van der Waals surface area contributed by atoms with E-state index in [0.717, 1.165) is 66.4 Å². The average molecular weight is 522 g/mol. The lowest BCUT2D eigenvalue weighted by Gasteiger charge is -2.34. The van der Waals surface area contributed by atoms with E-state index < -0.39 is 11.7 Å². The van der Waals surface area contributed by atoms with Crippen molar-refractivity contribution in [2.24, 2.45) is 0 Å². The van der Waals surface area contributed by atoms with Crippen LogP contribution in [0.4, 0.5) is 13.2 Å². The van der Waals surface area contributed by atoms with Gasteiger partial charge in [0.05, 0.1) is 11.3 Å². The van der Waals surface area contributed by atoms with Gasteiger partial charge >= 0.3 is 6.18 Å². The number of piperazine rings is 1. The van der Waals surface area contributed by atoms with Crippen LogP contribution in [0.3, 0.4) is 0 Å². The third-order valence-corrected chi connectivity index (χ3v) is 6.72. The van der Waals surface area contributed by atoms with Crippen LogP contribution in [0.2, 0.25) is 0 Å². The summed E-state index contributed by atoms with van der Waals surface area (Å²) in [6.07, 6.45) is -4.30. The van der Waals surface area contributed by atoms with Crippen molar-refractivity contribution in [3.05, 3.63) is 107 Å². The predicted octanol–water partition coefficient (Wildman–Crippen LogP) is 6.57. The zero-order valence-electron chi connectivity index (χ0n) is 21.2. The van der Waals surface area contributed by atoms with Gasteiger partial charge in [-0.1, -0.05) is 47.1 Å². The van der Waals surface area contributed by atoms with Gasteiger partial charge in [-0.3, -0.25) is 9.80 Å². The lowest BCUT2D eigenvalue weighted by molar-refractivity contribution is -0.137. The van der Waals surface area contributed by atoms with Crippen LogP contribution in [0.25, 0.3) is 11.3 Å². The summed E-state index contributed by atoms with van der Waals surface area (Å²) in [5, 5.41) is 4.25. The zero-order valence-corrected chi connectivity index (χ0v) is 21.2. The van der Waals surface area contributed by atoms with Gasteiger partial charge in [0, 0.05) is 50.9 Å². The van der Waals surface area contributed by atoms with Gasteiger partial charge in [0.15, 0.2) is 5.76 Å². The number of hydrogen-bond acceptors (Lipinski definition) is 5. The van der Waals surface area contributed by atoms with Gasteiger partial charge in [-0.2, -0.15) is 13.2 Å². The van der Waals surface area contributed by atoms with Crippen molar-refractivity contribution < 1.29 is 22.4 Å². The Bertz CT molecular complexity index is 1330. The fraction of sp³-hybridized carbons (Fsp3) is 0.300. The normalized spacial score (nSPS) is 15.1. The molecule has 8 heteroatoms. The predicted molar refractivity (Wildman–Crippen MR) is 139 cm³/mol. The molecule has 1 saturated heterocycles. The molecule has 2 heterocycles. The van der Waals surface area contributed by atoms with Crippen LogP contribution in [0.15, 0.2) is 83.4 Å². The fourth-order valence-electron chi connectivity index (χ4n) is 4.60. The fourth-order valence-corrected chi connectivity index (χ4v) is 4.60. The van der Waals surface area contributed by atoms with Crippen molar-refractivity contribution in [3.8, 4) is 17.1 Å². The Hall–Kier alpha value is -3.62. The van der Waals surface area contributed by atoms with Gasteiger partial charge in [0.2, 0.25) is 0 Å². The smallest absolute Gasteiger partial charge is 0.416 e. The number of aryl methyl sites for hydroxylation is 1. The number of nitrogens with zero attached hydrogens (tertiary/aromatic N) is 3. The van der Waals surface area contributed by atoms with Crippen LogP contribution < -0.4 is 4.74 Å². The zero-order chi connectivity index (χ0) is 26.5. The number of aromatic nitrogens is 1. The van der Waals surface area contributed by atoms with E-state index in [9.17, 15) is 13.2 Å². The Morgan fingerprint density at radius 2 is 1.50 bits per heavy atom. The number of rotatable bonds is 8. The highest BCUT2D eigenvalue weighted by molar-refractivity contribution is 5.58. The molecular weight excluding hydrogens is 491 g/mol. The first-order valence-electron chi connectivity index (χ1n) is 12.7. The maximum absolute atomic E-state index is 12.8. The van der Waals surface area contributed by atoms with Gasteiger partial charge in [-0.15, -0.1) is 0 Å². The molecule has 38 heavy (non-hydrogen) atoms. The molecule has 0 aliphatic carbocycles. The van der Waals surface area contributed by atoms with Crippen LogP contribution in [-0.2, 0) is 25.9 Å². The first-order valence-corrected chi connectivity index (χ1v) is 12.7. The van der Waals surface area contributed by atoms with Crippen molar-refractivity contribution in [2.75, 3.05) is 26.2 Å². The van der Waals surface area contributed by atoms with Gasteiger partial charge in [-0.25, -0.2) is 0 Å². The summed E-state index contributed by atoms with van der Waals surface area (Å²) in [5.41, 5.74) is 4.43. The summed E-state index contributed by atoms with van der Waals surface area (Å²) in [7, 11) is 0. The van der Waals surface area contributed by atoms with Gasteiger partial charge < -0.3 is 9.26 Å². The molecule has 0 saturated carbocycles. The third-order valence-electron chi connectivity index (χ3n) is 6.72. The van der Waals surface area contributed by atoms with E-state index in [1.807, 2.05) is 36.4 Å². The molecule has 1 fully saturated rings. The first-order chi connectivity index (χ1) is 18.3. The van der Waals surface area contributed by atoms with E-state index in [1.165, 1.54) is 5.56 Å². The summed E-state index contributed by atoms with van der Waals surface area (Å²) in [5.74, 6) is 1.51. The standard InChI is InChI=1S/C30H30F3N3O2/c1-22-3-2-4-24(17-22)21-37-28-11-7-25(8-12-28)29-18-27(34-38-29)20-36-15-13-35(14-16-36)19-23-5-9-26(10-6-23)30(31,32)33/h2-12,17-18H,13-16,19-21H2,1H3.